The standard InChI is InChI=1S/C18H16ClF3N2OS/c19-15-7-6-13(18(20,21)22)8-12(15)9-14-10-23-17(26-14)24-16(25)11-4-2-1-3-5-11/h1-2,6-8,10-11H,3-5,9H2,(H,23,24,25). The molecule has 1 aliphatic carbocycles. The van der Waals surface area contributed by atoms with Crippen LogP contribution in [0.3, 0.4) is 0 Å². The van der Waals surface area contributed by atoms with Crippen LogP contribution in [0.5, 0.6) is 0 Å². The molecular formula is C18H16ClF3N2OS. The van der Waals surface area contributed by atoms with Crippen LogP contribution in [0.1, 0.15) is 35.3 Å². The van der Waals surface area contributed by atoms with E-state index < -0.39 is 11.7 Å². The van der Waals surface area contributed by atoms with Gasteiger partial charge in [-0.2, -0.15) is 13.2 Å². The van der Waals surface area contributed by atoms with E-state index in [4.69, 9.17) is 11.6 Å². The maximum atomic E-state index is 12.9. The third kappa shape index (κ3) is 4.65. The molecule has 0 saturated heterocycles. The van der Waals surface area contributed by atoms with Gasteiger partial charge in [0.2, 0.25) is 5.91 Å². The van der Waals surface area contributed by atoms with Crippen molar-refractivity contribution in [2.24, 2.45) is 5.92 Å². The van der Waals surface area contributed by atoms with Crippen molar-refractivity contribution >= 4 is 34.0 Å². The van der Waals surface area contributed by atoms with Crippen LogP contribution in [0.2, 0.25) is 5.02 Å². The van der Waals surface area contributed by atoms with E-state index in [1.54, 1.807) is 6.20 Å². The number of anilines is 1. The molecule has 138 valence electrons. The minimum Gasteiger partial charge on any atom is -0.302 e. The summed E-state index contributed by atoms with van der Waals surface area (Å²) in [5.41, 5.74) is -0.360. The molecule has 0 saturated carbocycles. The number of carbonyl (C=O) groups is 1. The van der Waals surface area contributed by atoms with E-state index in [2.05, 4.69) is 16.4 Å². The number of nitrogens with one attached hydrogen (secondary N) is 1. The first-order valence-electron chi connectivity index (χ1n) is 8.09. The van der Waals surface area contributed by atoms with Gasteiger partial charge in [-0.05, 0) is 43.0 Å². The summed E-state index contributed by atoms with van der Waals surface area (Å²) in [6.45, 7) is 0. The van der Waals surface area contributed by atoms with Crippen molar-refractivity contribution < 1.29 is 18.0 Å². The normalized spacial score (nSPS) is 17.3. The fourth-order valence-corrected chi connectivity index (χ4v) is 3.78. The van der Waals surface area contributed by atoms with Crippen molar-refractivity contribution in [2.45, 2.75) is 31.9 Å². The number of benzene rings is 1. The lowest BCUT2D eigenvalue weighted by Crippen LogP contribution is -2.23. The zero-order valence-corrected chi connectivity index (χ0v) is 15.2. The lowest BCUT2D eigenvalue weighted by atomic mass is 9.94. The molecule has 1 amide bonds. The maximum absolute atomic E-state index is 12.9. The van der Waals surface area contributed by atoms with E-state index >= 15 is 0 Å². The molecule has 1 unspecified atom stereocenters. The Morgan fingerprint density at radius 2 is 2.15 bits per heavy atom. The number of allylic oxidation sites excluding steroid dienone is 2. The monoisotopic (exact) mass is 400 g/mol. The van der Waals surface area contributed by atoms with Crippen LogP contribution in [0.4, 0.5) is 18.3 Å². The Morgan fingerprint density at radius 1 is 1.35 bits per heavy atom. The fourth-order valence-electron chi connectivity index (χ4n) is 2.76. The lowest BCUT2D eigenvalue weighted by Gasteiger charge is -2.15. The molecule has 0 radical (unpaired) electrons. The highest BCUT2D eigenvalue weighted by Crippen LogP contribution is 2.33. The Labute approximate surface area is 157 Å². The van der Waals surface area contributed by atoms with Crippen molar-refractivity contribution in [1.29, 1.82) is 0 Å². The summed E-state index contributed by atoms with van der Waals surface area (Å²) in [5.74, 6) is -0.141. The summed E-state index contributed by atoms with van der Waals surface area (Å²) in [6, 6.07) is 3.26. The zero-order valence-electron chi connectivity index (χ0n) is 13.6. The van der Waals surface area contributed by atoms with E-state index in [0.29, 0.717) is 17.1 Å². The fraction of sp³-hybridized carbons (Fsp3) is 0.333. The van der Waals surface area contributed by atoms with Gasteiger partial charge in [-0.15, -0.1) is 11.3 Å². The van der Waals surface area contributed by atoms with Crippen molar-refractivity contribution in [3.05, 3.63) is 57.6 Å². The van der Waals surface area contributed by atoms with E-state index in [0.717, 1.165) is 29.9 Å². The second kappa shape index (κ2) is 7.80. The number of alkyl halides is 3. The topological polar surface area (TPSA) is 42.0 Å². The number of rotatable bonds is 4. The predicted molar refractivity (Wildman–Crippen MR) is 96.5 cm³/mol. The first kappa shape index (κ1) is 18.9. The predicted octanol–water partition coefficient (Wildman–Crippen LogP) is 5.70. The van der Waals surface area contributed by atoms with Crippen LogP contribution in [0.15, 0.2) is 36.5 Å². The first-order chi connectivity index (χ1) is 12.3. The molecule has 0 spiro atoms. The second-order valence-electron chi connectivity index (χ2n) is 6.08. The van der Waals surface area contributed by atoms with Crippen LogP contribution in [0.25, 0.3) is 0 Å². The van der Waals surface area contributed by atoms with Gasteiger partial charge in [0.1, 0.15) is 0 Å². The molecule has 3 rings (SSSR count). The maximum Gasteiger partial charge on any atom is 0.416 e. The SMILES string of the molecule is O=C(Nc1ncc(Cc2cc(C(F)(F)F)ccc2Cl)s1)C1CC=CCC1. The highest BCUT2D eigenvalue weighted by Gasteiger charge is 2.31. The van der Waals surface area contributed by atoms with Gasteiger partial charge < -0.3 is 5.32 Å². The number of aromatic nitrogens is 1. The number of hydrogen-bond acceptors (Lipinski definition) is 3. The largest absolute Gasteiger partial charge is 0.416 e. The van der Waals surface area contributed by atoms with Gasteiger partial charge in [0, 0.05) is 28.4 Å². The summed E-state index contributed by atoms with van der Waals surface area (Å²) >= 11 is 7.27. The minimum absolute atomic E-state index is 0.0646. The molecule has 26 heavy (non-hydrogen) atoms. The van der Waals surface area contributed by atoms with Crippen LogP contribution in [-0.4, -0.2) is 10.9 Å². The van der Waals surface area contributed by atoms with E-state index in [1.165, 1.54) is 17.4 Å². The van der Waals surface area contributed by atoms with Gasteiger partial charge in [-0.25, -0.2) is 4.98 Å². The van der Waals surface area contributed by atoms with Gasteiger partial charge in [0.05, 0.1) is 5.56 Å². The summed E-state index contributed by atoms with van der Waals surface area (Å²) in [5, 5.41) is 3.51. The molecule has 0 aliphatic heterocycles. The zero-order chi connectivity index (χ0) is 18.7. The molecule has 1 heterocycles. The molecule has 1 N–H and O–H groups in total. The van der Waals surface area contributed by atoms with Crippen LogP contribution < -0.4 is 5.32 Å². The Bertz CT molecular complexity index is 832. The molecule has 3 nitrogen and oxygen atoms in total. The number of nitrogens with zero attached hydrogens (tertiary/aromatic N) is 1. The molecule has 0 bridgehead atoms. The van der Waals surface area contributed by atoms with Crippen molar-refractivity contribution in [2.75, 3.05) is 5.32 Å². The second-order valence-corrected chi connectivity index (χ2v) is 7.61. The molecule has 8 heteroatoms. The molecule has 0 fully saturated rings. The van der Waals surface area contributed by atoms with E-state index in [-0.39, 0.29) is 23.3 Å². The Balaban J connectivity index is 1.69. The van der Waals surface area contributed by atoms with Gasteiger partial charge in [0.25, 0.3) is 0 Å². The van der Waals surface area contributed by atoms with Crippen LogP contribution in [0, 0.1) is 5.92 Å². The number of halogens is 4. The summed E-state index contributed by atoms with van der Waals surface area (Å²) in [7, 11) is 0. The minimum atomic E-state index is -4.42. The van der Waals surface area contributed by atoms with Crippen molar-refractivity contribution in [3.8, 4) is 0 Å². The smallest absolute Gasteiger partial charge is 0.302 e. The summed E-state index contributed by atoms with van der Waals surface area (Å²) < 4.78 is 38.6. The molecule has 1 atom stereocenters. The van der Waals surface area contributed by atoms with Gasteiger partial charge in [-0.1, -0.05) is 23.8 Å². The molecule has 1 aliphatic rings. The molecule has 1 aromatic heterocycles. The summed E-state index contributed by atoms with van der Waals surface area (Å²) in [6.07, 6.45) is 3.82. The van der Waals surface area contributed by atoms with Gasteiger partial charge in [0.15, 0.2) is 5.13 Å². The Hall–Kier alpha value is -1.86. The van der Waals surface area contributed by atoms with Crippen LogP contribution in [-0.2, 0) is 17.4 Å². The number of carbonyl (C=O) groups excluding carboxylic acids is 1. The summed E-state index contributed by atoms with van der Waals surface area (Å²) in [4.78, 5) is 17.1. The highest BCUT2D eigenvalue weighted by atomic mass is 35.5. The molecule has 2 aromatic rings. The van der Waals surface area contributed by atoms with Crippen molar-refractivity contribution in [1.82, 2.24) is 4.98 Å². The van der Waals surface area contributed by atoms with E-state index in [9.17, 15) is 18.0 Å². The molecule has 1 aromatic carbocycles. The average Bonchev–Trinajstić information content (AvgIpc) is 3.03. The Kier molecular flexibility index (Phi) is 5.67. The first-order valence-corrected chi connectivity index (χ1v) is 9.28. The van der Waals surface area contributed by atoms with Crippen molar-refractivity contribution in [3.63, 3.8) is 0 Å². The number of hydrogen-bond donors (Lipinski definition) is 1. The third-order valence-electron chi connectivity index (χ3n) is 4.16. The third-order valence-corrected chi connectivity index (χ3v) is 5.44. The molecular weight excluding hydrogens is 385 g/mol. The van der Waals surface area contributed by atoms with E-state index in [1.807, 2.05) is 6.08 Å². The highest BCUT2D eigenvalue weighted by molar-refractivity contribution is 7.15. The Morgan fingerprint density at radius 3 is 2.85 bits per heavy atom. The lowest BCUT2D eigenvalue weighted by molar-refractivity contribution is -0.137. The number of thiazole rings is 1. The average molecular weight is 401 g/mol. The van der Waals surface area contributed by atoms with Gasteiger partial charge >= 0.3 is 6.18 Å². The van der Waals surface area contributed by atoms with Crippen LogP contribution >= 0.6 is 22.9 Å². The number of amides is 1. The quantitative estimate of drug-likeness (QED) is 0.669. The van der Waals surface area contributed by atoms with Gasteiger partial charge in [-0.3, -0.25) is 4.79 Å².